The molecule has 0 saturated carbocycles. The number of amides is 2. The second-order valence-corrected chi connectivity index (χ2v) is 7.55. The standard InChI is InChI=1S/C20H19ClFN3O3/c1-12-6-15(21)7-23-19(12)25-9-17(26)24(8-13-2-4-16(22)5-3-13)18(20(25)27)14-10-28-11-14/h2-7,14,18H,8-11H2,1H3. The summed E-state index contributed by atoms with van der Waals surface area (Å²) in [6.45, 7) is 2.79. The van der Waals surface area contributed by atoms with Gasteiger partial charge in [0.05, 0.1) is 18.2 Å². The van der Waals surface area contributed by atoms with Gasteiger partial charge < -0.3 is 9.64 Å². The third kappa shape index (κ3) is 3.47. The van der Waals surface area contributed by atoms with Crippen molar-refractivity contribution >= 4 is 29.2 Å². The minimum atomic E-state index is -0.642. The second kappa shape index (κ2) is 7.48. The molecule has 0 bridgehead atoms. The number of anilines is 1. The van der Waals surface area contributed by atoms with Gasteiger partial charge in [-0.1, -0.05) is 23.7 Å². The van der Waals surface area contributed by atoms with Gasteiger partial charge in [0.2, 0.25) is 5.91 Å². The highest BCUT2D eigenvalue weighted by Gasteiger charge is 2.47. The first-order chi connectivity index (χ1) is 13.4. The normalized spacial score (nSPS) is 20.5. The summed E-state index contributed by atoms with van der Waals surface area (Å²) in [4.78, 5) is 33.6. The number of pyridine rings is 1. The van der Waals surface area contributed by atoms with Crippen molar-refractivity contribution in [3.63, 3.8) is 0 Å². The maximum Gasteiger partial charge on any atom is 0.251 e. The molecule has 4 rings (SSSR count). The molecule has 1 aromatic carbocycles. The van der Waals surface area contributed by atoms with E-state index in [1.165, 1.54) is 23.2 Å². The average Bonchev–Trinajstić information content (AvgIpc) is 2.61. The highest BCUT2D eigenvalue weighted by molar-refractivity contribution is 6.30. The molecule has 1 atom stereocenters. The first kappa shape index (κ1) is 18.8. The summed E-state index contributed by atoms with van der Waals surface area (Å²) >= 11 is 5.97. The van der Waals surface area contributed by atoms with Crippen LogP contribution < -0.4 is 4.90 Å². The third-order valence-corrected chi connectivity index (χ3v) is 5.32. The fourth-order valence-corrected chi connectivity index (χ4v) is 3.83. The molecular weight excluding hydrogens is 385 g/mol. The lowest BCUT2D eigenvalue weighted by Crippen LogP contribution is -2.65. The van der Waals surface area contributed by atoms with E-state index in [4.69, 9.17) is 16.3 Å². The predicted molar refractivity (Wildman–Crippen MR) is 101 cm³/mol. The van der Waals surface area contributed by atoms with E-state index in [-0.39, 0.29) is 36.6 Å². The van der Waals surface area contributed by atoms with Crippen LogP contribution in [-0.4, -0.2) is 47.5 Å². The van der Waals surface area contributed by atoms with Crippen molar-refractivity contribution in [3.05, 3.63) is 58.5 Å². The molecule has 146 valence electrons. The molecule has 1 unspecified atom stereocenters. The smallest absolute Gasteiger partial charge is 0.251 e. The van der Waals surface area contributed by atoms with E-state index in [0.29, 0.717) is 24.1 Å². The molecular formula is C20H19ClFN3O3. The molecule has 8 heteroatoms. The van der Waals surface area contributed by atoms with Crippen molar-refractivity contribution < 1.29 is 18.7 Å². The van der Waals surface area contributed by atoms with Crippen molar-refractivity contribution in [2.45, 2.75) is 19.5 Å². The Morgan fingerprint density at radius 3 is 2.57 bits per heavy atom. The number of benzene rings is 1. The highest BCUT2D eigenvalue weighted by atomic mass is 35.5. The molecule has 0 aliphatic carbocycles. The molecule has 2 amide bonds. The van der Waals surface area contributed by atoms with Crippen LogP contribution in [0.25, 0.3) is 0 Å². The van der Waals surface area contributed by atoms with Crippen LogP contribution in [0.3, 0.4) is 0 Å². The first-order valence-corrected chi connectivity index (χ1v) is 9.37. The van der Waals surface area contributed by atoms with E-state index in [1.54, 1.807) is 30.0 Å². The largest absolute Gasteiger partial charge is 0.380 e. The Bertz CT molecular complexity index is 917. The summed E-state index contributed by atoms with van der Waals surface area (Å²) in [5.74, 6) is -0.351. The average molecular weight is 404 g/mol. The number of hydrogen-bond donors (Lipinski definition) is 0. The summed E-state index contributed by atoms with van der Waals surface area (Å²) in [6, 6.07) is 7.02. The lowest BCUT2D eigenvalue weighted by Gasteiger charge is -2.45. The van der Waals surface area contributed by atoms with Gasteiger partial charge >= 0.3 is 0 Å². The van der Waals surface area contributed by atoms with E-state index < -0.39 is 6.04 Å². The van der Waals surface area contributed by atoms with Crippen molar-refractivity contribution in [1.29, 1.82) is 0 Å². The second-order valence-electron chi connectivity index (χ2n) is 7.11. The van der Waals surface area contributed by atoms with E-state index in [9.17, 15) is 14.0 Å². The molecule has 2 aliphatic rings. The number of aromatic nitrogens is 1. The Labute approximate surface area is 166 Å². The van der Waals surface area contributed by atoms with Gasteiger partial charge in [-0.25, -0.2) is 9.37 Å². The molecule has 2 saturated heterocycles. The van der Waals surface area contributed by atoms with Crippen molar-refractivity contribution in [2.24, 2.45) is 5.92 Å². The Balaban J connectivity index is 1.65. The zero-order valence-electron chi connectivity index (χ0n) is 15.3. The van der Waals surface area contributed by atoms with Crippen molar-refractivity contribution in [3.8, 4) is 0 Å². The lowest BCUT2D eigenvalue weighted by atomic mass is 9.92. The summed E-state index contributed by atoms with van der Waals surface area (Å²) in [5, 5.41) is 0.471. The van der Waals surface area contributed by atoms with Crippen LogP contribution in [0.1, 0.15) is 11.1 Å². The number of carbonyl (C=O) groups is 2. The van der Waals surface area contributed by atoms with Crippen LogP contribution in [0.4, 0.5) is 10.2 Å². The Morgan fingerprint density at radius 1 is 1.25 bits per heavy atom. The zero-order chi connectivity index (χ0) is 19.8. The van der Waals surface area contributed by atoms with E-state index in [1.807, 2.05) is 0 Å². The molecule has 2 aliphatic heterocycles. The maximum atomic E-state index is 13.3. The van der Waals surface area contributed by atoms with Crippen LogP contribution in [0.2, 0.25) is 5.02 Å². The van der Waals surface area contributed by atoms with Crippen LogP contribution in [0.5, 0.6) is 0 Å². The Morgan fingerprint density at radius 2 is 1.96 bits per heavy atom. The number of piperazine rings is 1. The summed E-state index contributed by atoms with van der Waals surface area (Å²) in [5.41, 5.74) is 1.49. The number of ether oxygens (including phenoxy) is 1. The van der Waals surface area contributed by atoms with Gasteiger partial charge in [0.15, 0.2) is 0 Å². The maximum absolute atomic E-state index is 13.3. The number of hydrogen-bond acceptors (Lipinski definition) is 4. The Hall–Kier alpha value is -2.51. The van der Waals surface area contributed by atoms with Crippen LogP contribution in [0, 0.1) is 18.7 Å². The van der Waals surface area contributed by atoms with Crippen molar-refractivity contribution in [2.75, 3.05) is 24.7 Å². The summed E-state index contributed by atoms with van der Waals surface area (Å²) in [7, 11) is 0. The quantitative estimate of drug-likeness (QED) is 0.787. The minimum absolute atomic E-state index is 0.0766. The molecule has 28 heavy (non-hydrogen) atoms. The van der Waals surface area contributed by atoms with Gasteiger partial charge in [-0.15, -0.1) is 0 Å². The predicted octanol–water partition coefficient (Wildman–Crippen LogP) is 2.57. The van der Waals surface area contributed by atoms with Gasteiger partial charge in [-0.05, 0) is 36.2 Å². The molecule has 2 aromatic rings. The number of carbonyl (C=O) groups excluding carboxylic acids is 2. The molecule has 3 heterocycles. The fraction of sp³-hybridized carbons (Fsp3) is 0.350. The third-order valence-electron chi connectivity index (χ3n) is 5.12. The highest BCUT2D eigenvalue weighted by Crippen LogP contribution is 2.30. The van der Waals surface area contributed by atoms with Gasteiger partial charge in [-0.3, -0.25) is 14.5 Å². The van der Waals surface area contributed by atoms with E-state index >= 15 is 0 Å². The Kier molecular flexibility index (Phi) is 5.03. The topological polar surface area (TPSA) is 62.7 Å². The van der Waals surface area contributed by atoms with Crippen LogP contribution >= 0.6 is 11.6 Å². The number of nitrogens with zero attached hydrogens (tertiary/aromatic N) is 3. The first-order valence-electron chi connectivity index (χ1n) is 8.99. The molecule has 1 aromatic heterocycles. The molecule has 6 nitrogen and oxygen atoms in total. The van der Waals surface area contributed by atoms with Crippen LogP contribution in [0.15, 0.2) is 36.5 Å². The van der Waals surface area contributed by atoms with E-state index in [0.717, 1.165) is 11.1 Å². The fourth-order valence-electron chi connectivity index (χ4n) is 3.61. The van der Waals surface area contributed by atoms with Gasteiger partial charge in [0, 0.05) is 18.7 Å². The van der Waals surface area contributed by atoms with Crippen LogP contribution in [-0.2, 0) is 20.9 Å². The zero-order valence-corrected chi connectivity index (χ0v) is 16.0. The van der Waals surface area contributed by atoms with Crippen molar-refractivity contribution in [1.82, 2.24) is 9.88 Å². The monoisotopic (exact) mass is 403 g/mol. The molecule has 0 spiro atoms. The lowest BCUT2D eigenvalue weighted by molar-refractivity contribution is -0.155. The number of aryl methyl sites for hydroxylation is 1. The summed E-state index contributed by atoms with van der Waals surface area (Å²) < 4.78 is 18.5. The number of halogens is 2. The van der Waals surface area contributed by atoms with Gasteiger partial charge in [-0.2, -0.15) is 0 Å². The molecule has 0 radical (unpaired) electrons. The SMILES string of the molecule is Cc1cc(Cl)cnc1N1CC(=O)N(Cc2ccc(F)cc2)C(C2COC2)C1=O. The number of rotatable bonds is 4. The molecule has 2 fully saturated rings. The van der Waals surface area contributed by atoms with Gasteiger partial charge in [0.1, 0.15) is 24.2 Å². The summed E-state index contributed by atoms with van der Waals surface area (Å²) in [6.07, 6.45) is 1.47. The van der Waals surface area contributed by atoms with E-state index in [2.05, 4.69) is 4.98 Å². The van der Waals surface area contributed by atoms with Gasteiger partial charge in [0.25, 0.3) is 5.91 Å². The minimum Gasteiger partial charge on any atom is -0.380 e. The molecule has 0 N–H and O–H groups in total.